The molecule has 0 amide bonds. The summed E-state index contributed by atoms with van der Waals surface area (Å²) < 4.78 is 1.56. The molecule has 100 valence electrons. The van der Waals surface area contributed by atoms with E-state index in [1.54, 1.807) is 35.3 Å². The normalized spacial score (nSPS) is 10.7. The molecule has 3 rings (SSSR count). The Kier molecular flexibility index (Phi) is 2.83. The zero-order valence-corrected chi connectivity index (χ0v) is 10.9. The van der Waals surface area contributed by atoms with Crippen molar-refractivity contribution < 1.29 is 5.11 Å². The molecule has 2 aromatic heterocycles. The Morgan fingerprint density at radius 1 is 1.15 bits per heavy atom. The quantitative estimate of drug-likeness (QED) is 0.740. The van der Waals surface area contributed by atoms with Crippen LogP contribution in [0, 0.1) is 6.92 Å². The molecule has 3 N–H and O–H groups in total. The first-order valence-corrected chi connectivity index (χ1v) is 6.08. The van der Waals surface area contributed by atoms with Gasteiger partial charge in [0.15, 0.2) is 5.82 Å². The third kappa shape index (κ3) is 1.97. The molecule has 0 aliphatic heterocycles. The molecule has 0 unspecified atom stereocenters. The van der Waals surface area contributed by atoms with E-state index in [4.69, 9.17) is 5.73 Å². The average Bonchev–Trinajstić information content (AvgIpc) is 2.82. The number of hydrogen-bond acceptors (Lipinski definition) is 5. The van der Waals surface area contributed by atoms with Gasteiger partial charge in [-0.25, -0.2) is 0 Å². The Hall–Kier alpha value is -2.89. The molecule has 2 heterocycles. The van der Waals surface area contributed by atoms with Gasteiger partial charge in [0.2, 0.25) is 0 Å². The highest BCUT2D eigenvalue weighted by Crippen LogP contribution is 2.27. The Morgan fingerprint density at radius 2 is 1.90 bits per heavy atom. The van der Waals surface area contributed by atoms with Crippen molar-refractivity contribution in [2.24, 2.45) is 0 Å². The standard InChI is InChI=1S/C14H13N5O/c1-9-8-11(20)2-3-12(9)19-14(15)13(17-18-19)10-4-6-16-7-5-10/h2-8,20H,15H2,1H3. The van der Waals surface area contributed by atoms with E-state index in [1.165, 1.54) is 0 Å². The molecule has 0 bridgehead atoms. The van der Waals surface area contributed by atoms with Gasteiger partial charge in [-0.05, 0) is 42.8 Å². The predicted octanol–water partition coefficient (Wildman–Crippen LogP) is 1.93. The van der Waals surface area contributed by atoms with Crippen LogP contribution >= 0.6 is 0 Å². The molecule has 0 fully saturated rings. The molecule has 0 atom stereocenters. The molecule has 0 aliphatic rings. The molecule has 6 heteroatoms. The van der Waals surface area contributed by atoms with Gasteiger partial charge in [0.1, 0.15) is 11.4 Å². The summed E-state index contributed by atoms with van der Waals surface area (Å²) in [5, 5.41) is 17.7. The number of aromatic hydroxyl groups is 1. The molecule has 0 aliphatic carbocycles. The van der Waals surface area contributed by atoms with E-state index < -0.39 is 0 Å². The molecule has 3 aromatic rings. The second-order valence-electron chi connectivity index (χ2n) is 4.44. The third-order valence-corrected chi connectivity index (χ3v) is 3.07. The van der Waals surface area contributed by atoms with E-state index >= 15 is 0 Å². The second kappa shape index (κ2) is 4.65. The molecule has 0 spiro atoms. The second-order valence-corrected chi connectivity index (χ2v) is 4.44. The van der Waals surface area contributed by atoms with Gasteiger partial charge in [-0.3, -0.25) is 4.98 Å². The summed E-state index contributed by atoms with van der Waals surface area (Å²) in [7, 11) is 0. The topological polar surface area (TPSA) is 89.8 Å². The Bertz CT molecular complexity index is 752. The maximum absolute atomic E-state index is 9.45. The zero-order chi connectivity index (χ0) is 14.1. The van der Waals surface area contributed by atoms with Gasteiger partial charge in [-0.15, -0.1) is 5.10 Å². The minimum Gasteiger partial charge on any atom is -0.508 e. The minimum atomic E-state index is 0.208. The molecule has 0 saturated heterocycles. The number of aromatic nitrogens is 4. The Labute approximate surface area is 115 Å². The van der Waals surface area contributed by atoms with Crippen LogP contribution < -0.4 is 5.73 Å². The number of aryl methyl sites for hydroxylation is 1. The number of nitrogens with two attached hydrogens (primary N) is 1. The minimum absolute atomic E-state index is 0.208. The number of nitrogens with zero attached hydrogens (tertiary/aromatic N) is 4. The number of rotatable bonds is 2. The smallest absolute Gasteiger partial charge is 0.155 e. The highest BCUT2D eigenvalue weighted by Gasteiger charge is 2.14. The van der Waals surface area contributed by atoms with E-state index in [0.29, 0.717) is 11.5 Å². The summed E-state index contributed by atoms with van der Waals surface area (Å²) in [6, 6.07) is 8.66. The van der Waals surface area contributed by atoms with Gasteiger partial charge in [-0.1, -0.05) is 5.21 Å². The van der Waals surface area contributed by atoms with E-state index in [-0.39, 0.29) is 5.75 Å². The lowest BCUT2D eigenvalue weighted by atomic mass is 10.2. The summed E-state index contributed by atoms with van der Waals surface area (Å²) in [6.45, 7) is 1.88. The number of pyridine rings is 1. The van der Waals surface area contributed by atoms with Gasteiger partial charge in [-0.2, -0.15) is 4.68 Å². The van der Waals surface area contributed by atoms with Crippen LogP contribution in [0.3, 0.4) is 0 Å². The zero-order valence-electron chi connectivity index (χ0n) is 10.9. The van der Waals surface area contributed by atoms with Crippen LogP contribution in [0.5, 0.6) is 5.75 Å². The van der Waals surface area contributed by atoms with Crippen LogP contribution in [0.25, 0.3) is 16.9 Å². The van der Waals surface area contributed by atoms with Crippen LogP contribution in [0.15, 0.2) is 42.7 Å². The maximum atomic E-state index is 9.45. The summed E-state index contributed by atoms with van der Waals surface area (Å²) in [5.41, 5.74) is 9.25. The predicted molar refractivity (Wildman–Crippen MR) is 75.4 cm³/mol. The van der Waals surface area contributed by atoms with Crippen LogP contribution in [0.4, 0.5) is 5.82 Å². The van der Waals surface area contributed by atoms with Crippen LogP contribution in [-0.4, -0.2) is 25.1 Å². The van der Waals surface area contributed by atoms with Crippen molar-refractivity contribution in [2.75, 3.05) is 5.73 Å². The van der Waals surface area contributed by atoms with Gasteiger partial charge < -0.3 is 10.8 Å². The lowest BCUT2D eigenvalue weighted by Gasteiger charge is -2.07. The Morgan fingerprint density at radius 3 is 2.60 bits per heavy atom. The number of benzene rings is 1. The number of anilines is 1. The van der Waals surface area contributed by atoms with Gasteiger partial charge in [0.05, 0.1) is 5.69 Å². The van der Waals surface area contributed by atoms with E-state index in [9.17, 15) is 5.11 Å². The summed E-state index contributed by atoms with van der Waals surface area (Å²) in [6.07, 6.45) is 3.36. The highest BCUT2D eigenvalue weighted by molar-refractivity contribution is 5.70. The molecule has 20 heavy (non-hydrogen) atoms. The fourth-order valence-electron chi connectivity index (χ4n) is 2.06. The van der Waals surface area contributed by atoms with Gasteiger partial charge >= 0.3 is 0 Å². The van der Waals surface area contributed by atoms with Crippen molar-refractivity contribution in [3.63, 3.8) is 0 Å². The number of phenolic OH excluding ortho intramolecular Hbond substituents is 1. The summed E-state index contributed by atoms with van der Waals surface area (Å²) in [5.74, 6) is 0.657. The summed E-state index contributed by atoms with van der Waals surface area (Å²) in [4.78, 5) is 3.97. The molecular weight excluding hydrogens is 254 g/mol. The third-order valence-electron chi connectivity index (χ3n) is 3.07. The van der Waals surface area contributed by atoms with E-state index in [2.05, 4.69) is 15.3 Å². The first-order valence-electron chi connectivity index (χ1n) is 6.08. The number of hydrogen-bond donors (Lipinski definition) is 2. The fraction of sp³-hybridized carbons (Fsp3) is 0.0714. The largest absolute Gasteiger partial charge is 0.508 e. The highest BCUT2D eigenvalue weighted by atomic mass is 16.3. The molecule has 6 nitrogen and oxygen atoms in total. The van der Waals surface area contributed by atoms with Crippen LogP contribution in [-0.2, 0) is 0 Å². The van der Waals surface area contributed by atoms with Crippen molar-refractivity contribution in [3.8, 4) is 22.7 Å². The first kappa shape index (κ1) is 12.2. The molecule has 0 radical (unpaired) electrons. The van der Waals surface area contributed by atoms with Crippen molar-refractivity contribution in [2.45, 2.75) is 6.92 Å². The number of nitrogen functional groups attached to an aromatic ring is 1. The summed E-state index contributed by atoms with van der Waals surface area (Å²) >= 11 is 0. The lowest BCUT2D eigenvalue weighted by molar-refractivity contribution is 0.474. The fourth-order valence-corrected chi connectivity index (χ4v) is 2.06. The van der Waals surface area contributed by atoms with Gasteiger partial charge in [0.25, 0.3) is 0 Å². The van der Waals surface area contributed by atoms with Crippen molar-refractivity contribution >= 4 is 5.82 Å². The van der Waals surface area contributed by atoms with Gasteiger partial charge in [0, 0.05) is 18.0 Å². The van der Waals surface area contributed by atoms with Crippen LogP contribution in [0.1, 0.15) is 5.56 Å². The monoisotopic (exact) mass is 267 g/mol. The van der Waals surface area contributed by atoms with Crippen molar-refractivity contribution in [1.82, 2.24) is 20.0 Å². The SMILES string of the molecule is Cc1cc(O)ccc1-n1nnc(-c2ccncc2)c1N. The Balaban J connectivity index is 2.11. The van der Waals surface area contributed by atoms with Crippen LogP contribution in [0.2, 0.25) is 0 Å². The first-order chi connectivity index (χ1) is 9.66. The van der Waals surface area contributed by atoms with Crippen molar-refractivity contribution in [1.29, 1.82) is 0 Å². The van der Waals surface area contributed by atoms with Crippen molar-refractivity contribution in [3.05, 3.63) is 48.3 Å². The average molecular weight is 267 g/mol. The molecule has 0 saturated carbocycles. The lowest BCUT2D eigenvalue weighted by Crippen LogP contribution is -2.04. The maximum Gasteiger partial charge on any atom is 0.155 e. The number of phenols is 1. The van der Waals surface area contributed by atoms with E-state index in [0.717, 1.165) is 16.8 Å². The molecular formula is C14H13N5O. The molecule has 1 aromatic carbocycles. The van der Waals surface area contributed by atoms with E-state index in [1.807, 2.05) is 19.1 Å².